The molecular formula is C12H15BrCl2N2. The van der Waals surface area contributed by atoms with Gasteiger partial charge in [-0.25, -0.2) is 4.98 Å². The van der Waals surface area contributed by atoms with Crippen molar-refractivity contribution in [3.8, 4) is 0 Å². The van der Waals surface area contributed by atoms with Gasteiger partial charge < -0.3 is 4.90 Å². The number of piperidine rings is 1. The molecule has 1 aromatic rings. The Balaban J connectivity index is 2.05. The smallest absolute Gasteiger partial charge is 0.142 e. The van der Waals surface area contributed by atoms with Crippen LogP contribution in [0.5, 0.6) is 0 Å². The number of rotatable bonds is 2. The second-order valence-electron chi connectivity index (χ2n) is 4.46. The minimum absolute atomic E-state index is 0.263. The second kappa shape index (κ2) is 5.77. The van der Waals surface area contributed by atoms with E-state index in [4.69, 9.17) is 23.2 Å². The molecule has 1 aliphatic rings. The van der Waals surface area contributed by atoms with Gasteiger partial charge in [-0.05, 0) is 47.7 Å². The Hall–Kier alpha value is 0.01000. The number of pyridine rings is 1. The molecule has 0 spiro atoms. The molecule has 1 aliphatic heterocycles. The van der Waals surface area contributed by atoms with Crippen LogP contribution >= 0.6 is 39.1 Å². The van der Waals surface area contributed by atoms with Crippen LogP contribution in [0.15, 0.2) is 16.7 Å². The number of nitrogens with zero attached hydrogens (tertiary/aromatic N) is 2. The van der Waals surface area contributed by atoms with Crippen LogP contribution in [0.25, 0.3) is 0 Å². The normalized spacial score (nSPS) is 19.4. The third-order valence-electron chi connectivity index (χ3n) is 3.28. The van der Waals surface area contributed by atoms with E-state index in [0.29, 0.717) is 10.9 Å². The molecule has 0 amide bonds. The van der Waals surface area contributed by atoms with Crippen LogP contribution < -0.4 is 4.90 Å². The molecule has 1 saturated heterocycles. The van der Waals surface area contributed by atoms with Crippen molar-refractivity contribution in [3.63, 3.8) is 0 Å². The molecular weight excluding hydrogens is 323 g/mol. The van der Waals surface area contributed by atoms with E-state index in [1.54, 1.807) is 6.20 Å². The molecule has 0 N–H and O–H groups in total. The Morgan fingerprint density at radius 3 is 2.65 bits per heavy atom. The highest BCUT2D eigenvalue weighted by atomic mass is 79.9. The molecule has 1 fully saturated rings. The Morgan fingerprint density at radius 1 is 1.47 bits per heavy atom. The van der Waals surface area contributed by atoms with Crippen LogP contribution in [0.2, 0.25) is 5.02 Å². The fourth-order valence-electron chi connectivity index (χ4n) is 2.21. The van der Waals surface area contributed by atoms with Gasteiger partial charge in [-0.3, -0.25) is 0 Å². The number of aromatic nitrogens is 1. The first-order valence-corrected chi connectivity index (χ1v) is 7.38. The van der Waals surface area contributed by atoms with E-state index in [1.165, 1.54) is 0 Å². The molecule has 0 aliphatic carbocycles. The fraction of sp³-hybridized carbons (Fsp3) is 0.583. The molecule has 0 radical (unpaired) electrons. The summed E-state index contributed by atoms with van der Waals surface area (Å²) in [5.74, 6) is 1.61. The van der Waals surface area contributed by atoms with Gasteiger partial charge in [-0.1, -0.05) is 11.6 Å². The maximum atomic E-state index is 6.14. The van der Waals surface area contributed by atoms with Gasteiger partial charge in [0.05, 0.1) is 9.50 Å². The predicted molar refractivity (Wildman–Crippen MR) is 77.2 cm³/mol. The summed E-state index contributed by atoms with van der Waals surface area (Å²) in [5.41, 5.74) is 0. The molecule has 2 rings (SSSR count). The Labute approximate surface area is 120 Å². The van der Waals surface area contributed by atoms with E-state index < -0.39 is 0 Å². The third-order valence-corrected chi connectivity index (χ3v) is 4.42. The summed E-state index contributed by atoms with van der Waals surface area (Å²) in [5, 5.41) is 0.920. The molecule has 17 heavy (non-hydrogen) atoms. The first kappa shape index (κ1) is 13.4. The van der Waals surface area contributed by atoms with Crippen molar-refractivity contribution < 1.29 is 0 Å². The van der Waals surface area contributed by atoms with Gasteiger partial charge in [0.1, 0.15) is 5.82 Å². The monoisotopic (exact) mass is 336 g/mol. The number of alkyl halides is 1. The number of halogens is 3. The minimum Gasteiger partial charge on any atom is -0.356 e. The summed E-state index contributed by atoms with van der Waals surface area (Å²) >= 11 is 15.5. The van der Waals surface area contributed by atoms with Crippen LogP contribution in [-0.4, -0.2) is 23.5 Å². The number of hydrogen-bond donors (Lipinski definition) is 0. The molecule has 94 valence electrons. The lowest BCUT2D eigenvalue weighted by Crippen LogP contribution is -2.36. The van der Waals surface area contributed by atoms with E-state index in [-0.39, 0.29) is 5.38 Å². The second-order valence-corrected chi connectivity index (χ2v) is 6.44. The van der Waals surface area contributed by atoms with Gasteiger partial charge in [0, 0.05) is 24.7 Å². The SMILES string of the molecule is CC(Cl)C1CCN(c2ncc(Cl)cc2Br)CC1. The van der Waals surface area contributed by atoms with Crippen LogP contribution in [0.1, 0.15) is 19.8 Å². The van der Waals surface area contributed by atoms with E-state index in [2.05, 4.69) is 32.7 Å². The van der Waals surface area contributed by atoms with Crippen molar-refractivity contribution in [2.24, 2.45) is 5.92 Å². The fourth-order valence-corrected chi connectivity index (χ4v) is 3.35. The average molecular weight is 338 g/mol. The van der Waals surface area contributed by atoms with Crippen LogP contribution in [0.3, 0.4) is 0 Å². The quantitative estimate of drug-likeness (QED) is 0.746. The highest BCUT2D eigenvalue weighted by Crippen LogP contribution is 2.31. The van der Waals surface area contributed by atoms with Crippen molar-refractivity contribution in [2.75, 3.05) is 18.0 Å². The zero-order valence-corrected chi connectivity index (χ0v) is 12.8. The minimum atomic E-state index is 0.263. The summed E-state index contributed by atoms with van der Waals surface area (Å²) in [7, 11) is 0. The predicted octanol–water partition coefficient (Wildman–Crippen LogP) is 4.34. The van der Waals surface area contributed by atoms with Gasteiger partial charge in [0.25, 0.3) is 0 Å². The van der Waals surface area contributed by atoms with Crippen molar-refractivity contribution in [2.45, 2.75) is 25.1 Å². The summed E-state index contributed by atoms with van der Waals surface area (Å²) in [6, 6.07) is 1.89. The van der Waals surface area contributed by atoms with Crippen molar-refractivity contribution in [1.29, 1.82) is 0 Å². The van der Waals surface area contributed by atoms with Crippen LogP contribution in [0.4, 0.5) is 5.82 Å². The maximum absolute atomic E-state index is 6.14. The van der Waals surface area contributed by atoms with E-state index in [0.717, 1.165) is 36.2 Å². The largest absolute Gasteiger partial charge is 0.356 e. The molecule has 2 heterocycles. The summed E-state index contributed by atoms with van der Waals surface area (Å²) in [4.78, 5) is 6.67. The molecule has 1 unspecified atom stereocenters. The van der Waals surface area contributed by atoms with Crippen molar-refractivity contribution in [1.82, 2.24) is 4.98 Å². The van der Waals surface area contributed by atoms with Gasteiger partial charge in [0.15, 0.2) is 0 Å². The lowest BCUT2D eigenvalue weighted by molar-refractivity contribution is 0.398. The highest BCUT2D eigenvalue weighted by molar-refractivity contribution is 9.10. The molecule has 2 nitrogen and oxygen atoms in total. The Kier molecular flexibility index (Phi) is 4.56. The average Bonchev–Trinajstić information content (AvgIpc) is 2.29. The van der Waals surface area contributed by atoms with Gasteiger partial charge >= 0.3 is 0 Å². The topological polar surface area (TPSA) is 16.1 Å². The van der Waals surface area contributed by atoms with Gasteiger partial charge in [-0.2, -0.15) is 0 Å². The van der Waals surface area contributed by atoms with Crippen LogP contribution in [0, 0.1) is 5.92 Å². The zero-order chi connectivity index (χ0) is 12.4. The van der Waals surface area contributed by atoms with E-state index in [1.807, 2.05) is 6.07 Å². The number of anilines is 1. The Bertz CT molecular complexity index is 390. The molecule has 1 atom stereocenters. The molecule has 5 heteroatoms. The van der Waals surface area contributed by atoms with Crippen molar-refractivity contribution >= 4 is 44.9 Å². The molecule has 0 aromatic carbocycles. The first-order chi connectivity index (χ1) is 8.08. The molecule has 1 aromatic heterocycles. The zero-order valence-electron chi connectivity index (χ0n) is 9.67. The highest BCUT2D eigenvalue weighted by Gasteiger charge is 2.24. The third kappa shape index (κ3) is 3.27. The van der Waals surface area contributed by atoms with E-state index >= 15 is 0 Å². The number of hydrogen-bond acceptors (Lipinski definition) is 2. The van der Waals surface area contributed by atoms with Crippen molar-refractivity contribution in [3.05, 3.63) is 21.8 Å². The first-order valence-electron chi connectivity index (χ1n) is 5.78. The molecule has 0 bridgehead atoms. The standard InChI is InChI=1S/C12H15BrCl2N2/c1-8(14)9-2-4-17(5-3-9)12-11(13)6-10(15)7-16-12/h6-9H,2-5H2,1H3. The van der Waals surface area contributed by atoms with Gasteiger partial charge in [-0.15, -0.1) is 11.6 Å². The lowest BCUT2D eigenvalue weighted by Gasteiger charge is -2.34. The van der Waals surface area contributed by atoms with E-state index in [9.17, 15) is 0 Å². The van der Waals surface area contributed by atoms with Gasteiger partial charge in [0.2, 0.25) is 0 Å². The Morgan fingerprint density at radius 2 is 2.12 bits per heavy atom. The molecule has 0 saturated carbocycles. The summed E-state index contributed by atoms with van der Waals surface area (Å²) in [6.07, 6.45) is 3.95. The van der Waals surface area contributed by atoms with Crippen LogP contribution in [-0.2, 0) is 0 Å². The summed E-state index contributed by atoms with van der Waals surface area (Å²) in [6.45, 7) is 4.10. The summed E-state index contributed by atoms with van der Waals surface area (Å²) < 4.78 is 0.961. The maximum Gasteiger partial charge on any atom is 0.142 e. The lowest BCUT2D eigenvalue weighted by atomic mass is 9.94.